The molecule has 118 valence electrons. The van der Waals surface area contributed by atoms with E-state index in [1.807, 2.05) is 29.2 Å². The normalized spacial score (nSPS) is 19.6. The quantitative estimate of drug-likeness (QED) is 0.928. The third-order valence-electron chi connectivity index (χ3n) is 3.90. The van der Waals surface area contributed by atoms with Crippen LogP contribution in [-0.2, 0) is 4.79 Å². The van der Waals surface area contributed by atoms with Crippen molar-refractivity contribution in [3.05, 3.63) is 29.8 Å². The van der Waals surface area contributed by atoms with Crippen molar-refractivity contribution in [2.45, 2.75) is 32.2 Å². The van der Waals surface area contributed by atoms with Gasteiger partial charge in [0.15, 0.2) is 0 Å². The number of halogens is 1. The molecule has 1 saturated heterocycles. The molecule has 1 amide bonds. The van der Waals surface area contributed by atoms with Crippen LogP contribution < -0.4 is 10.1 Å². The third-order valence-corrected chi connectivity index (χ3v) is 3.90. The van der Waals surface area contributed by atoms with Gasteiger partial charge in [-0.15, -0.1) is 12.4 Å². The largest absolute Gasteiger partial charge is 0.497 e. The fourth-order valence-corrected chi connectivity index (χ4v) is 2.74. The Hall–Kier alpha value is -1.26. The molecule has 2 rings (SSSR count). The predicted octanol–water partition coefficient (Wildman–Crippen LogP) is 2.43. The number of nitrogens with zero attached hydrogens (tertiary/aromatic N) is 1. The molecule has 1 aromatic carbocycles. The van der Waals surface area contributed by atoms with E-state index in [0.717, 1.165) is 37.4 Å². The van der Waals surface area contributed by atoms with Crippen LogP contribution in [0.4, 0.5) is 0 Å². The maximum Gasteiger partial charge on any atom is 0.230 e. The molecule has 0 saturated carbocycles. The maximum absolute atomic E-state index is 12.7. The molecule has 1 aliphatic heterocycles. The van der Waals surface area contributed by atoms with E-state index in [1.54, 1.807) is 7.11 Å². The smallest absolute Gasteiger partial charge is 0.230 e. The van der Waals surface area contributed by atoms with Gasteiger partial charge in [0.2, 0.25) is 5.91 Å². The van der Waals surface area contributed by atoms with Gasteiger partial charge in [-0.2, -0.15) is 0 Å². The van der Waals surface area contributed by atoms with Gasteiger partial charge in [-0.1, -0.05) is 19.1 Å². The van der Waals surface area contributed by atoms with Gasteiger partial charge in [-0.25, -0.2) is 0 Å². The van der Waals surface area contributed by atoms with Gasteiger partial charge >= 0.3 is 0 Å². The van der Waals surface area contributed by atoms with Crippen molar-refractivity contribution in [1.82, 2.24) is 10.2 Å². The van der Waals surface area contributed by atoms with Crippen LogP contribution in [0.5, 0.6) is 5.75 Å². The Labute approximate surface area is 133 Å². The van der Waals surface area contributed by atoms with Crippen molar-refractivity contribution in [3.8, 4) is 5.75 Å². The molecule has 1 aliphatic rings. The number of carbonyl (C=O) groups is 1. The number of ether oxygens (including phenoxy) is 1. The maximum atomic E-state index is 12.7. The van der Waals surface area contributed by atoms with Crippen LogP contribution in [0.25, 0.3) is 0 Å². The molecule has 2 atom stereocenters. The number of benzene rings is 1. The standard InChI is InChI=1S/C16H24N2O2.ClH/c1-4-15(13-5-7-14(20-3)8-6-13)16(19)18-10-9-17-12(2)11-18;/h5-8,12,15,17H,4,9-11H2,1-3H3;1H/t12-,15?;/m1./s1. The molecular formula is C16H25ClN2O2. The van der Waals surface area contributed by atoms with E-state index < -0.39 is 0 Å². The number of carbonyl (C=O) groups excluding carboxylic acids is 1. The lowest BCUT2D eigenvalue weighted by Gasteiger charge is -2.34. The third kappa shape index (κ3) is 4.35. The number of rotatable bonds is 4. The van der Waals surface area contributed by atoms with Crippen LogP contribution in [0.15, 0.2) is 24.3 Å². The topological polar surface area (TPSA) is 41.6 Å². The van der Waals surface area contributed by atoms with E-state index in [1.165, 1.54) is 0 Å². The molecule has 0 aliphatic carbocycles. The van der Waals surface area contributed by atoms with E-state index in [-0.39, 0.29) is 24.2 Å². The average Bonchev–Trinajstić information content (AvgIpc) is 2.48. The highest BCUT2D eigenvalue weighted by molar-refractivity contribution is 5.85. The first kappa shape index (κ1) is 17.8. The van der Waals surface area contributed by atoms with Crippen molar-refractivity contribution < 1.29 is 9.53 Å². The monoisotopic (exact) mass is 312 g/mol. The van der Waals surface area contributed by atoms with Gasteiger partial charge in [0.05, 0.1) is 13.0 Å². The Morgan fingerprint density at radius 2 is 2.10 bits per heavy atom. The van der Waals surface area contributed by atoms with Crippen LogP contribution in [0.2, 0.25) is 0 Å². The molecule has 1 aromatic rings. The van der Waals surface area contributed by atoms with Gasteiger partial charge in [0.1, 0.15) is 5.75 Å². The Balaban J connectivity index is 0.00000220. The molecule has 1 fully saturated rings. The minimum absolute atomic E-state index is 0. The summed E-state index contributed by atoms with van der Waals surface area (Å²) >= 11 is 0. The van der Waals surface area contributed by atoms with E-state index >= 15 is 0 Å². The number of amides is 1. The number of nitrogens with one attached hydrogen (secondary N) is 1. The van der Waals surface area contributed by atoms with Gasteiger partial charge in [-0.05, 0) is 31.0 Å². The Bertz CT molecular complexity index is 450. The average molecular weight is 313 g/mol. The van der Waals surface area contributed by atoms with Crippen molar-refractivity contribution in [2.24, 2.45) is 0 Å². The summed E-state index contributed by atoms with van der Waals surface area (Å²) in [5.41, 5.74) is 1.07. The van der Waals surface area contributed by atoms with Crippen LogP contribution >= 0.6 is 12.4 Å². The van der Waals surface area contributed by atoms with Gasteiger partial charge in [0.25, 0.3) is 0 Å². The van der Waals surface area contributed by atoms with Gasteiger partial charge in [0, 0.05) is 25.7 Å². The minimum Gasteiger partial charge on any atom is -0.497 e. The first-order valence-electron chi connectivity index (χ1n) is 7.31. The van der Waals surface area contributed by atoms with E-state index in [9.17, 15) is 4.79 Å². The highest BCUT2D eigenvalue weighted by Gasteiger charge is 2.27. The lowest BCUT2D eigenvalue weighted by Crippen LogP contribution is -2.52. The Morgan fingerprint density at radius 3 is 2.62 bits per heavy atom. The fraction of sp³-hybridized carbons (Fsp3) is 0.562. The van der Waals surface area contributed by atoms with Crippen LogP contribution in [-0.4, -0.2) is 43.6 Å². The highest BCUT2D eigenvalue weighted by atomic mass is 35.5. The van der Waals surface area contributed by atoms with Crippen LogP contribution in [0.3, 0.4) is 0 Å². The van der Waals surface area contributed by atoms with Crippen molar-refractivity contribution in [3.63, 3.8) is 0 Å². The summed E-state index contributed by atoms with van der Waals surface area (Å²) in [4.78, 5) is 14.7. The molecule has 0 radical (unpaired) electrons. The molecule has 1 unspecified atom stereocenters. The zero-order chi connectivity index (χ0) is 14.5. The van der Waals surface area contributed by atoms with E-state index in [0.29, 0.717) is 6.04 Å². The lowest BCUT2D eigenvalue weighted by atomic mass is 9.94. The van der Waals surface area contributed by atoms with E-state index in [2.05, 4.69) is 19.2 Å². The molecule has 1 N–H and O–H groups in total. The molecule has 0 aromatic heterocycles. The van der Waals surface area contributed by atoms with Crippen LogP contribution in [0, 0.1) is 0 Å². The number of piperazine rings is 1. The molecule has 0 spiro atoms. The van der Waals surface area contributed by atoms with Crippen LogP contribution in [0.1, 0.15) is 31.7 Å². The summed E-state index contributed by atoms with van der Waals surface area (Å²) in [6, 6.07) is 8.21. The zero-order valence-electron chi connectivity index (χ0n) is 13.0. The Kier molecular flexibility index (Phi) is 6.99. The summed E-state index contributed by atoms with van der Waals surface area (Å²) < 4.78 is 5.17. The summed E-state index contributed by atoms with van der Waals surface area (Å²) in [6.07, 6.45) is 0.823. The SMILES string of the molecule is CCC(C(=O)N1CCN[C@H](C)C1)c1ccc(OC)cc1.Cl. The number of hydrogen-bond donors (Lipinski definition) is 1. The van der Waals surface area contributed by atoms with Gasteiger partial charge in [-0.3, -0.25) is 4.79 Å². The first-order chi connectivity index (χ1) is 9.65. The van der Waals surface area contributed by atoms with Crippen molar-refractivity contribution in [2.75, 3.05) is 26.7 Å². The highest BCUT2D eigenvalue weighted by Crippen LogP contribution is 2.24. The number of methoxy groups -OCH3 is 1. The molecular weight excluding hydrogens is 288 g/mol. The first-order valence-corrected chi connectivity index (χ1v) is 7.31. The molecule has 1 heterocycles. The fourth-order valence-electron chi connectivity index (χ4n) is 2.74. The molecule has 0 bridgehead atoms. The minimum atomic E-state index is -0.0498. The zero-order valence-corrected chi connectivity index (χ0v) is 13.8. The summed E-state index contributed by atoms with van der Waals surface area (Å²) in [5.74, 6) is 1.02. The molecule has 21 heavy (non-hydrogen) atoms. The molecule has 5 heteroatoms. The van der Waals surface area contributed by atoms with Gasteiger partial charge < -0.3 is 15.0 Å². The second-order valence-corrected chi connectivity index (χ2v) is 5.37. The summed E-state index contributed by atoms with van der Waals surface area (Å²) in [6.45, 7) is 6.67. The number of hydrogen-bond acceptors (Lipinski definition) is 3. The van der Waals surface area contributed by atoms with E-state index in [4.69, 9.17) is 4.74 Å². The lowest BCUT2D eigenvalue weighted by molar-refractivity contribution is -0.134. The molecule has 4 nitrogen and oxygen atoms in total. The van der Waals surface area contributed by atoms with Crippen molar-refractivity contribution in [1.29, 1.82) is 0 Å². The second kappa shape index (κ2) is 8.25. The summed E-state index contributed by atoms with van der Waals surface area (Å²) in [5, 5.41) is 3.37. The predicted molar refractivity (Wildman–Crippen MR) is 87.3 cm³/mol. The Morgan fingerprint density at radius 1 is 1.43 bits per heavy atom. The summed E-state index contributed by atoms with van der Waals surface area (Å²) in [7, 11) is 1.65. The van der Waals surface area contributed by atoms with Crippen molar-refractivity contribution >= 4 is 18.3 Å². The second-order valence-electron chi connectivity index (χ2n) is 5.37.